The van der Waals surface area contributed by atoms with Gasteiger partial charge in [-0.1, -0.05) is 121 Å². The van der Waals surface area contributed by atoms with Gasteiger partial charge in [0.05, 0.1) is 5.69 Å². The standard InChI is InChI=1S/C50H31NS2/c1-2-11-40-33(9-1)10-7-14-41(40)34-23-27-39(28-24-34)51(45-15-8-18-48-50(45)43-13-4-6-17-47(43)52-48)38-25-21-32(22-26-38)35-19-20-36-30-44-42-12-3-5-16-46(42)53-49(44)31-37(36)29-35/h1-31H. The molecule has 0 aliphatic heterocycles. The molecule has 0 saturated heterocycles. The average molecular weight is 710 g/mol. The first-order valence-corrected chi connectivity index (χ1v) is 19.6. The van der Waals surface area contributed by atoms with Crippen molar-refractivity contribution >= 4 is 102 Å². The predicted octanol–water partition coefficient (Wildman–Crippen LogP) is 15.5. The van der Waals surface area contributed by atoms with Gasteiger partial charge in [-0.25, -0.2) is 0 Å². The minimum Gasteiger partial charge on any atom is -0.310 e. The molecule has 3 heteroatoms. The number of benzene rings is 9. The first-order valence-electron chi connectivity index (χ1n) is 18.0. The lowest BCUT2D eigenvalue weighted by Gasteiger charge is -2.27. The summed E-state index contributed by atoms with van der Waals surface area (Å²) < 4.78 is 5.28. The van der Waals surface area contributed by atoms with Crippen molar-refractivity contribution in [2.75, 3.05) is 4.90 Å². The van der Waals surface area contributed by atoms with Gasteiger partial charge in [0, 0.05) is 51.7 Å². The number of hydrogen-bond acceptors (Lipinski definition) is 3. The number of rotatable bonds is 5. The highest BCUT2D eigenvalue weighted by Gasteiger charge is 2.19. The van der Waals surface area contributed by atoms with Crippen molar-refractivity contribution in [1.82, 2.24) is 0 Å². The molecule has 0 saturated carbocycles. The molecule has 0 fully saturated rings. The Morgan fingerprint density at radius 1 is 0.321 bits per heavy atom. The first kappa shape index (κ1) is 30.4. The Morgan fingerprint density at radius 2 is 0.925 bits per heavy atom. The lowest BCUT2D eigenvalue weighted by atomic mass is 9.97. The molecule has 0 radical (unpaired) electrons. The van der Waals surface area contributed by atoms with E-state index < -0.39 is 0 Å². The van der Waals surface area contributed by atoms with Gasteiger partial charge in [0.25, 0.3) is 0 Å². The first-order chi connectivity index (χ1) is 26.2. The third kappa shape index (κ3) is 5.04. The van der Waals surface area contributed by atoms with Gasteiger partial charge >= 0.3 is 0 Å². The van der Waals surface area contributed by atoms with Crippen molar-refractivity contribution < 1.29 is 0 Å². The summed E-state index contributed by atoms with van der Waals surface area (Å²) in [5, 5.41) is 10.3. The second-order valence-corrected chi connectivity index (χ2v) is 15.9. The number of anilines is 3. The molecule has 0 aliphatic carbocycles. The van der Waals surface area contributed by atoms with Crippen LogP contribution in [0.3, 0.4) is 0 Å². The molecule has 0 aliphatic rings. The van der Waals surface area contributed by atoms with E-state index in [0.29, 0.717) is 0 Å². The fraction of sp³-hybridized carbons (Fsp3) is 0. The molecule has 11 aromatic rings. The summed E-state index contributed by atoms with van der Waals surface area (Å²) in [5.74, 6) is 0. The van der Waals surface area contributed by atoms with Crippen molar-refractivity contribution in [3.05, 3.63) is 188 Å². The van der Waals surface area contributed by atoms with Crippen LogP contribution in [0.4, 0.5) is 17.1 Å². The van der Waals surface area contributed by atoms with Gasteiger partial charge in [-0.15, -0.1) is 22.7 Å². The Labute approximate surface area is 315 Å². The molecule has 11 rings (SSSR count). The summed E-state index contributed by atoms with van der Waals surface area (Å²) in [6.07, 6.45) is 0. The predicted molar refractivity (Wildman–Crippen MR) is 233 cm³/mol. The SMILES string of the molecule is c1ccc2c(-c3ccc(N(c4ccc(-c5ccc6cc7c(cc6c5)sc5ccccc57)cc4)c4cccc5sc6ccccc6c45)cc3)cccc2c1. The van der Waals surface area contributed by atoms with E-state index in [1.165, 1.54) is 89.8 Å². The quantitative estimate of drug-likeness (QED) is 0.172. The van der Waals surface area contributed by atoms with Crippen LogP contribution in [0, 0.1) is 0 Å². The molecular formula is C50H31NS2. The maximum atomic E-state index is 2.43. The third-order valence-electron chi connectivity index (χ3n) is 10.6. The molecule has 248 valence electrons. The van der Waals surface area contributed by atoms with Gasteiger partial charge in [0.2, 0.25) is 0 Å². The van der Waals surface area contributed by atoms with Crippen LogP contribution >= 0.6 is 22.7 Å². The van der Waals surface area contributed by atoms with E-state index in [4.69, 9.17) is 0 Å². The molecule has 9 aromatic carbocycles. The van der Waals surface area contributed by atoms with E-state index in [1.807, 2.05) is 22.7 Å². The lowest BCUT2D eigenvalue weighted by molar-refractivity contribution is 1.30. The molecule has 0 amide bonds. The fourth-order valence-corrected chi connectivity index (χ4v) is 10.4. The average Bonchev–Trinajstić information content (AvgIpc) is 3.78. The van der Waals surface area contributed by atoms with Crippen LogP contribution in [0.25, 0.3) is 84.1 Å². The van der Waals surface area contributed by atoms with Crippen LogP contribution in [0.15, 0.2) is 188 Å². The summed E-state index contributed by atoms with van der Waals surface area (Å²) >= 11 is 3.74. The molecule has 2 aromatic heterocycles. The molecule has 0 atom stereocenters. The normalized spacial score (nSPS) is 11.8. The van der Waals surface area contributed by atoms with Crippen molar-refractivity contribution in [2.24, 2.45) is 0 Å². The molecule has 2 heterocycles. The Morgan fingerprint density at radius 3 is 1.74 bits per heavy atom. The highest BCUT2D eigenvalue weighted by Crippen LogP contribution is 2.46. The minimum atomic E-state index is 1.13. The van der Waals surface area contributed by atoms with Crippen molar-refractivity contribution in [2.45, 2.75) is 0 Å². The summed E-state index contributed by atoms with van der Waals surface area (Å²) in [7, 11) is 0. The molecule has 1 nitrogen and oxygen atoms in total. The van der Waals surface area contributed by atoms with E-state index in [1.54, 1.807) is 0 Å². The molecule has 53 heavy (non-hydrogen) atoms. The summed E-state index contributed by atoms with van der Waals surface area (Å²) in [6.45, 7) is 0. The third-order valence-corrected chi connectivity index (χ3v) is 12.9. The van der Waals surface area contributed by atoms with Crippen LogP contribution in [0.1, 0.15) is 0 Å². The highest BCUT2D eigenvalue weighted by molar-refractivity contribution is 7.26. The highest BCUT2D eigenvalue weighted by atomic mass is 32.1. The van der Waals surface area contributed by atoms with Crippen molar-refractivity contribution in [3.8, 4) is 22.3 Å². The van der Waals surface area contributed by atoms with E-state index in [9.17, 15) is 0 Å². The van der Waals surface area contributed by atoms with Gasteiger partial charge in [-0.3, -0.25) is 0 Å². The van der Waals surface area contributed by atoms with Crippen LogP contribution in [-0.4, -0.2) is 0 Å². The zero-order valence-corrected chi connectivity index (χ0v) is 30.3. The van der Waals surface area contributed by atoms with Gasteiger partial charge in [-0.05, 0) is 111 Å². The Balaban J connectivity index is 1.03. The van der Waals surface area contributed by atoms with Crippen LogP contribution < -0.4 is 4.90 Å². The van der Waals surface area contributed by atoms with Crippen LogP contribution in [0.5, 0.6) is 0 Å². The smallest absolute Gasteiger partial charge is 0.0554 e. The second kappa shape index (κ2) is 12.2. The Kier molecular flexibility index (Phi) is 6.97. The van der Waals surface area contributed by atoms with Gasteiger partial charge < -0.3 is 4.90 Å². The molecule has 0 N–H and O–H groups in total. The number of thiophene rings is 2. The molecular weight excluding hydrogens is 679 g/mol. The van der Waals surface area contributed by atoms with Gasteiger partial charge in [-0.2, -0.15) is 0 Å². The Hall–Kier alpha value is -6.26. The van der Waals surface area contributed by atoms with Crippen LogP contribution in [-0.2, 0) is 0 Å². The summed E-state index contributed by atoms with van der Waals surface area (Å²) in [5.41, 5.74) is 8.33. The minimum absolute atomic E-state index is 1.13. The topological polar surface area (TPSA) is 3.24 Å². The van der Waals surface area contributed by atoms with E-state index in [2.05, 4.69) is 193 Å². The van der Waals surface area contributed by atoms with Gasteiger partial charge in [0.1, 0.15) is 0 Å². The molecule has 0 bridgehead atoms. The summed E-state index contributed by atoms with van der Waals surface area (Å²) in [6, 6.07) is 69.2. The number of fused-ring (bicyclic) bond motifs is 8. The van der Waals surface area contributed by atoms with Crippen molar-refractivity contribution in [3.63, 3.8) is 0 Å². The maximum Gasteiger partial charge on any atom is 0.0554 e. The van der Waals surface area contributed by atoms with Gasteiger partial charge in [0.15, 0.2) is 0 Å². The monoisotopic (exact) mass is 709 g/mol. The largest absolute Gasteiger partial charge is 0.310 e. The maximum absolute atomic E-state index is 2.43. The zero-order valence-electron chi connectivity index (χ0n) is 28.7. The molecule has 0 unspecified atom stereocenters. The summed E-state index contributed by atoms with van der Waals surface area (Å²) in [4.78, 5) is 2.43. The zero-order chi connectivity index (χ0) is 34.9. The van der Waals surface area contributed by atoms with E-state index >= 15 is 0 Å². The van der Waals surface area contributed by atoms with Crippen molar-refractivity contribution in [1.29, 1.82) is 0 Å². The molecule has 0 spiro atoms. The van der Waals surface area contributed by atoms with E-state index in [0.717, 1.165) is 11.4 Å². The number of hydrogen-bond donors (Lipinski definition) is 0. The van der Waals surface area contributed by atoms with Crippen LogP contribution in [0.2, 0.25) is 0 Å². The number of nitrogens with zero attached hydrogens (tertiary/aromatic N) is 1. The Bertz CT molecular complexity index is 3160. The van der Waals surface area contributed by atoms with E-state index in [-0.39, 0.29) is 0 Å². The lowest BCUT2D eigenvalue weighted by Crippen LogP contribution is -2.10. The fourth-order valence-electron chi connectivity index (χ4n) is 8.09. The second-order valence-electron chi connectivity index (χ2n) is 13.7.